The molecule has 6 nitrogen and oxygen atoms in total. The van der Waals surface area contributed by atoms with E-state index < -0.39 is 0 Å². The Labute approximate surface area is 168 Å². The Hall–Kier alpha value is -3.80. The van der Waals surface area contributed by atoms with E-state index in [2.05, 4.69) is 4.98 Å². The molecule has 0 aliphatic carbocycles. The van der Waals surface area contributed by atoms with Gasteiger partial charge in [0.15, 0.2) is 0 Å². The summed E-state index contributed by atoms with van der Waals surface area (Å²) < 4.78 is 0. The molecule has 0 atom stereocenters. The molecule has 1 aliphatic heterocycles. The highest BCUT2D eigenvalue weighted by Gasteiger charge is 2.36. The van der Waals surface area contributed by atoms with Crippen molar-refractivity contribution in [3.05, 3.63) is 101 Å². The van der Waals surface area contributed by atoms with Crippen LogP contribution in [0.3, 0.4) is 0 Å². The first-order chi connectivity index (χ1) is 14.0. The summed E-state index contributed by atoms with van der Waals surface area (Å²) in [6.45, 7) is 0.605. The second kappa shape index (κ2) is 7.67. The number of benzene rings is 2. The van der Waals surface area contributed by atoms with Crippen LogP contribution in [0.2, 0.25) is 0 Å². The Morgan fingerprint density at radius 2 is 1.66 bits per heavy atom. The third-order valence-electron chi connectivity index (χ3n) is 4.89. The summed E-state index contributed by atoms with van der Waals surface area (Å²) in [4.78, 5) is 45.1. The Kier molecular flexibility index (Phi) is 4.91. The molecule has 4 rings (SSSR count). The lowest BCUT2D eigenvalue weighted by Crippen LogP contribution is -2.29. The topological polar surface area (TPSA) is 70.6 Å². The third-order valence-corrected chi connectivity index (χ3v) is 4.89. The molecule has 2 heterocycles. The van der Waals surface area contributed by atoms with Crippen molar-refractivity contribution < 1.29 is 14.4 Å². The fourth-order valence-corrected chi connectivity index (χ4v) is 3.39. The lowest BCUT2D eigenvalue weighted by molar-refractivity contribution is 0.0642. The van der Waals surface area contributed by atoms with Crippen LogP contribution >= 0.6 is 0 Å². The van der Waals surface area contributed by atoms with Crippen LogP contribution < -0.4 is 0 Å². The summed E-state index contributed by atoms with van der Waals surface area (Å²) in [5.41, 5.74) is 2.75. The molecule has 0 saturated carbocycles. The van der Waals surface area contributed by atoms with Gasteiger partial charge in [-0.2, -0.15) is 0 Å². The minimum Gasteiger partial charge on any atom is -0.337 e. The standard InChI is InChI=1S/C23H19N3O3/c1-25(14-17-8-5-11-24-13-17)21(27)18-9-10-19-20(12-18)23(29)26(22(19)28)15-16-6-3-2-4-7-16/h2-13H,14-15H2,1H3. The molecular weight excluding hydrogens is 366 g/mol. The van der Waals surface area contributed by atoms with Gasteiger partial charge in [0.2, 0.25) is 0 Å². The summed E-state index contributed by atoms with van der Waals surface area (Å²) >= 11 is 0. The van der Waals surface area contributed by atoms with E-state index in [1.54, 1.807) is 36.5 Å². The normalized spacial score (nSPS) is 12.8. The van der Waals surface area contributed by atoms with Crippen molar-refractivity contribution in [1.82, 2.24) is 14.8 Å². The third kappa shape index (κ3) is 3.65. The maximum atomic E-state index is 12.8. The highest BCUT2D eigenvalue weighted by molar-refractivity contribution is 6.22. The van der Waals surface area contributed by atoms with Crippen molar-refractivity contribution in [2.75, 3.05) is 7.05 Å². The molecule has 2 aromatic carbocycles. The van der Waals surface area contributed by atoms with Gasteiger partial charge in [0.05, 0.1) is 17.7 Å². The second-order valence-electron chi connectivity index (χ2n) is 6.96. The van der Waals surface area contributed by atoms with Crippen LogP contribution in [-0.4, -0.2) is 39.6 Å². The van der Waals surface area contributed by atoms with Crippen LogP contribution in [0.5, 0.6) is 0 Å². The monoisotopic (exact) mass is 385 g/mol. The highest BCUT2D eigenvalue weighted by atomic mass is 16.2. The van der Waals surface area contributed by atoms with Crippen molar-refractivity contribution >= 4 is 17.7 Å². The van der Waals surface area contributed by atoms with E-state index in [1.165, 1.54) is 11.0 Å². The number of hydrogen-bond donors (Lipinski definition) is 0. The van der Waals surface area contributed by atoms with Crippen LogP contribution in [0.25, 0.3) is 0 Å². The number of imide groups is 1. The van der Waals surface area contributed by atoms with E-state index in [1.807, 2.05) is 42.5 Å². The number of pyridine rings is 1. The zero-order valence-corrected chi connectivity index (χ0v) is 15.9. The maximum Gasteiger partial charge on any atom is 0.261 e. The molecule has 0 bridgehead atoms. The smallest absolute Gasteiger partial charge is 0.261 e. The molecule has 0 fully saturated rings. The molecule has 0 unspecified atom stereocenters. The Bertz CT molecular complexity index is 1080. The van der Waals surface area contributed by atoms with Gasteiger partial charge in [0.1, 0.15) is 0 Å². The number of nitrogens with zero attached hydrogens (tertiary/aromatic N) is 3. The lowest BCUT2D eigenvalue weighted by Gasteiger charge is -2.17. The quantitative estimate of drug-likeness (QED) is 0.633. The predicted octanol–water partition coefficient (Wildman–Crippen LogP) is 3.15. The zero-order chi connectivity index (χ0) is 20.4. The number of hydrogen-bond acceptors (Lipinski definition) is 4. The molecule has 6 heteroatoms. The summed E-state index contributed by atoms with van der Waals surface area (Å²) in [7, 11) is 1.69. The SMILES string of the molecule is CN(Cc1cccnc1)C(=O)c1ccc2c(c1)C(=O)N(Cc1ccccc1)C2=O. The van der Waals surface area contributed by atoms with Crippen molar-refractivity contribution in [3.63, 3.8) is 0 Å². The van der Waals surface area contributed by atoms with E-state index in [4.69, 9.17) is 0 Å². The molecule has 3 amide bonds. The van der Waals surface area contributed by atoms with E-state index in [0.717, 1.165) is 11.1 Å². The number of rotatable bonds is 5. The average molecular weight is 385 g/mol. The first kappa shape index (κ1) is 18.6. The van der Waals surface area contributed by atoms with Gasteiger partial charge in [-0.1, -0.05) is 36.4 Å². The van der Waals surface area contributed by atoms with E-state index >= 15 is 0 Å². The largest absolute Gasteiger partial charge is 0.337 e. The summed E-state index contributed by atoms with van der Waals surface area (Å²) in [5.74, 6) is -0.937. The molecule has 0 N–H and O–H groups in total. The van der Waals surface area contributed by atoms with Gasteiger partial charge in [-0.3, -0.25) is 24.3 Å². The van der Waals surface area contributed by atoms with E-state index in [-0.39, 0.29) is 29.8 Å². The van der Waals surface area contributed by atoms with Gasteiger partial charge >= 0.3 is 0 Å². The molecule has 1 aliphatic rings. The van der Waals surface area contributed by atoms with Crippen molar-refractivity contribution in [2.24, 2.45) is 0 Å². The van der Waals surface area contributed by atoms with Gasteiger partial charge in [-0.05, 0) is 35.4 Å². The van der Waals surface area contributed by atoms with Crippen LogP contribution in [0, 0.1) is 0 Å². The minimum absolute atomic E-state index is 0.206. The molecular formula is C23H19N3O3. The molecule has 3 aromatic rings. The number of carbonyl (C=O) groups excluding carboxylic acids is 3. The highest BCUT2D eigenvalue weighted by Crippen LogP contribution is 2.26. The molecule has 0 radical (unpaired) electrons. The Balaban J connectivity index is 1.54. The Morgan fingerprint density at radius 1 is 0.931 bits per heavy atom. The minimum atomic E-state index is -0.376. The first-order valence-corrected chi connectivity index (χ1v) is 9.23. The summed E-state index contributed by atoms with van der Waals surface area (Å²) in [6, 6.07) is 17.7. The van der Waals surface area contributed by atoms with E-state index in [0.29, 0.717) is 17.7 Å². The lowest BCUT2D eigenvalue weighted by atomic mass is 10.0. The number of aromatic nitrogens is 1. The van der Waals surface area contributed by atoms with Crippen molar-refractivity contribution in [3.8, 4) is 0 Å². The molecule has 0 saturated heterocycles. The van der Waals surface area contributed by atoms with Crippen LogP contribution in [0.1, 0.15) is 42.2 Å². The number of amides is 3. The van der Waals surface area contributed by atoms with Crippen LogP contribution in [0.4, 0.5) is 0 Å². The van der Waals surface area contributed by atoms with Crippen molar-refractivity contribution in [2.45, 2.75) is 13.1 Å². The Morgan fingerprint density at radius 3 is 2.38 bits per heavy atom. The number of fused-ring (bicyclic) bond motifs is 1. The van der Waals surface area contributed by atoms with Crippen molar-refractivity contribution in [1.29, 1.82) is 0 Å². The summed E-state index contributed by atoms with van der Waals surface area (Å²) in [6.07, 6.45) is 3.38. The number of carbonyl (C=O) groups is 3. The van der Waals surface area contributed by atoms with Gasteiger partial charge in [-0.15, -0.1) is 0 Å². The maximum absolute atomic E-state index is 12.8. The molecule has 29 heavy (non-hydrogen) atoms. The van der Waals surface area contributed by atoms with Crippen LogP contribution in [0.15, 0.2) is 73.1 Å². The second-order valence-corrected chi connectivity index (χ2v) is 6.96. The zero-order valence-electron chi connectivity index (χ0n) is 15.9. The predicted molar refractivity (Wildman–Crippen MR) is 107 cm³/mol. The van der Waals surface area contributed by atoms with Gasteiger partial charge < -0.3 is 4.90 Å². The van der Waals surface area contributed by atoms with Gasteiger partial charge in [-0.25, -0.2) is 0 Å². The molecule has 0 spiro atoms. The van der Waals surface area contributed by atoms with Crippen LogP contribution in [-0.2, 0) is 13.1 Å². The molecule has 1 aromatic heterocycles. The van der Waals surface area contributed by atoms with Gasteiger partial charge in [0.25, 0.3) is 17.7 Å². The first-order valence-electron chi connectivity index (χ1n) is 9.23. The fourth-order valence-electron chi connectivity index (χ4n) is 3.39. The van der Waals surface area contributed by atoms with Gasteiger partial charge in [0, 0.05) is 31.5 Å². The van der Waals surface area contributed by atoms with E-state index in [9.17, 15) is 14.4 Å². The fraction of sp³-hybridized carbons (Fsp3) is 0.130. The summed E-state index contributed by atoms with van der Waals surface area (Å²) in [5, 5.41) is 0. The molecule has 144 valence electrons. The average Bonchev–Trinajstić information content (AvgIpc) is 2.99.